The molecule has 24 heavy (non-hydrogen) atoms. The quantitative estimate of drug-likeness (QED) is 0.833. The summed E-state index contributed by atoms with van der Waals surface area (Å²) in [5, 5.41) is 5.08. The van der Waals surface area contributed by atoms with Crippen LogP contribution in [0.25, 0.3) is 0 Å². The fraction of sp³-hybridized carbons (Fsp3) is 0.500. The number of nitrogens with one attached hydrogen (secondary N) is 2. The summed E-state index contributed by atoms with van der Waals surface area (Å²) in [5.41, 5.74) is -0.808. The van der Waals surface area contributed by atoms with E-state index < -0.39 is 23.8 Å². The van der Waals surface area contributed by atoms with Crippen LogP contribution in [0.3, 0.4) is 0 Å². The number of rotatable bonds is 6. The molecule has 0 radical (unpaired) electrons. The SMILES string of the molecule is CCNC(=O)CN(CC)C(=O)N[C@H](C)c1ccccc1C(F)(F)F. The van der Waals surface area contributed by atoms with Gasteiger partial charge >= 0.3 is 12.2 Å². The molecule has 0 heterocycles. The molecule has 1 rings (SSSR count). The van der Waals surface area contributed by atoms with Gasteiger partial charge in [0.1, 0.15) is 6.54 Å². The van der Waals surface area contributed by atoms with E-state index in [1.165, 1.54) is 30.0 Å². The van der Waals surface area contributed by atoms with Crippen LogP contribution < -0.4 is 10.6 Å². The maximum atomic E-state index is 13.1. The Morgan fingerprint density at radius 2 is 1.83 bits per heavy atom. The first-order chi connectivity index (χ1) is 11.2. The number of amides is 3. The fourth-order valence-electron chi connectivity index (χ4n) is 2.24. The number of urea groups is 1. The van der Waals surface area contributed by atoms with E-state index in [1.54, 1.807) is 13.8 Å². The number of hydrogen-bond acceptors (Lipinski definition) is 2. The number of halogens is 3. The van der Waals surface area contributed by atoms with E-state index in [4.69, 9.17) is 0 Å². The van der Waals surface area contributed by atoms with Gasteiger partial charge in [-0.1, -0.05) is 18.2 Å². The molecule has 3 amide bonds. The van der Waals surface area contributed by atoms with Gasteiger partial charge in [0.25, 0.3) is 0 Å². The highest BCUT2D eigenvalue weighted by Gasteiger charge is 2.34. The summed E-state index contributed by atoms with van der Waals surface area (Å²) in [4.78, 5) is 25.0. The molecule has 2 N–H and O–H groups in total. The molecule has 5 nitrogen and oxygen atoms in total. The predicted molar refractivity (Wildman–Crippen MR) is 84.3 cm³/mol. The van der Waals surface area contributed by atoms with Gasteiger partial charge < -0.3 is 15.5 Å². The van der Waals surface area contributed by atoms with Gasteiger partial charge in [-0.3, -0.25) is 4.79 Å². The van der Waals surface area contributed by atoms with E-state index in [1.807, 2.05) is 0 Å². The van der Waals surface area contributed by atoms with Crippen molar-refractivity contribution < 1.29 is 22.8 Å². The third kappa shape index (κ3) is 5.43. The molecule has 8 heteroatoms. The van der Waals surface area contributed by atoms with E-state index in [2.05, 4.69) is 10.6 Å². The zero-order chi connectivity index (χ0) is 18.3. The Kier molecular flexibility index (Phi) is 7.06. The van der Waals surface area contributed by atoms with Crippen molar-refractivity contribution in [3.63, 3.8) is 0 Å². The van der Waals surface area contributed by atoms with Crippen LogP contribution in [0, 0.1) is 0 Å². The van der Waals surface area contributed by atoms with Crippen LogP contribution in [-0.2, 0) is 11.0 Å². The minimum atomic E-state index is -4.50. The molecule has 1 atom stereocenters. The topological polar surface area (TPSA) is 61.4 Å². The van der Waals surface area contributed by atoms with Gasteiger partial charge in [0, 0.05) is 13.1 Å². The molecular formula is C16H22F3N3O2. The number of benzene rings is 1. The Hall–Kier alpha value is -2.25. The summed E-state index contributed by atoms with van der Waals surface area (Å²) >= 11 is 0. The molecule has 0 saturated heterocycles. The molecule has 0 unspecified atom stereocenters. The highest BCUT2D eigenvalue weighted by atomic mass is 19.4. The minimum Gasteiger partial charge on any atom is -0.355 e. The monoisotopic (exact) mass is 345 g/mol. The second-order valence-corrected chi connectivity index (χ2v) is 5.22. The van der Waals surface area contributed by atoms with Crippen LogP contribution >= 0.6 is 0 Å². The van der Waals surface area contributed by atoms with Crippen molar-refractivity contribution in [3.05, 3.63) is 35.4 Å². The number of nitrogens with zero attached hydrogens (tertiary/aromatic N) is 1. The first-order valence-electron chi connectivity index (χ1n) is 7.68. The molecule has 0 aliphatic rings. The summed E-state index contributed by atoms with van der Waals surface area (Å²) in [6.45, 7) is 5.47. The average Bonchev–Trinajstić information content (AvgIpc) is 2.51. The predicted octanol–water partition coefficient (Wildman–Crippen LogP) is 2.93. The smallest absolute Gasteiger partial charge is 0.355 e. The summed E-state index contributed by atoms with van der Waals surface area (Å²) < 4.78 is 39.2. The number of alkyl halides is 3. The van der Waals surface area contributed by atoms with Crippen molar-refractivity contribution in [2.75, 3.05) is 19.6 Å². The van der Waals surface area contributed by atoms with Crippen molar-refractivity contribution in [2.24, 2.45) is 0 Å². The van der Waals surface area contributed by atoms with Crippen molar-refractivity contribution in [1.29, 1.82) is 0 Å². The number of carbonyl (C=O) groups excluding carboxylic acids is 2. The van der Waals surface area contributed by atoms with E-state index >= 15 is 0 Å². The maximum Gasteiger partial charge on any atom is 0.416 e. The van der Waals surface area contributed by atoms with Crippen LogP contribution in [0.1, 0.15) is 37.9 Å². The standard InChI is InChI=1S/C16H22F3N3O2/c1-4-20-14(23)10-22(5-2)15(24)21-11(3)12-8-6-7-9-13(12)16(17,18)19/h6-9,11H,4-5,10H2,1-3H3,(H,20,23)(H,21,24)/t11-/m1/s1. The molecule has 0 spiro atoms. The molecule has 0 aliphatic heterocycles. The molecule has 0 aliphatic carbocycles. The maximum absolute atomic E-state index is 13.1. The summed E-state index contributed by atoms with van der Waals surface area (Å²) in [6.07, 6.45) is -4.50. The average molecular weight is 345 g/mol. The second kappa shape index (κ2) is 8.56. The van der Waals surface area contributed by atoms with Crippen LogP contribution in [0.2, 0.25) is 0 Å². The van der Waals surface area contributed by atoms with Crippen LogP contribution in [0.15, 0.2) is 24.3 Å². The fourth-order valence-corrected chi connectivity index (χ4v) is 2.24. The van der Waals surface area contributed by atoms with Gasteiger partial charge in [-0.05, 0) is 32.4 Å². The van der Waals surface area contributed by atoms with Crippen LogP contribution in [0.5, 0.6) is 0 Å². The molecule has 134 valence electrons. The molecule has 0 saturated carbocycles. The van der Waals surface area contributed by atoms with Gasteiger partial charge in [0.2, 0.25) is 5.91 Å². The van der Waals surface area contributed by atoms with E-state index in [0.29, 0.717) is 6.54 Å². The lowest BCUT2D eigenvalue weighted by Crippen LogP contribution is -2.46. The number of likely N-dealkylation sites (N-methyl/N-ethyl adjacent to an activating group) is 2. The molecule has 0 fully saturated rings. The van der Waals surface area contributed by atoms with Crippen LogP contribution in [0.4, 0.5) is 18.0 Å². The highest BCUT2D eigenvalue weighted by Crippen LogP contribution is 2.34. The lowest BCUT2D eigenvalue weighted by Gasteiger charge is -2.25. The van der Waals surface area contributed by atoms with Gasteiger partial charge in [0.15, 0.2) is 0 Å². The summed E-state index contributed by atoms with van der Waals surface area (Å²) in [7, 11) is 0. The van der Waals surface area contributed by atoms with Gasteiger partial charge in [-0.25, -0.2) is 4.79 Å². The van der Waals surface area contributed by atoms with Crippen molar-refractivity contribution in [2.45, 2.75) is 33.0 Å². The minimum absolute atomic E-state index is 0.0209. The zero-order valence-corrected chi connectivity index (χ0v) is 13.9. The van der Waals surface area contributed by atoms with Crippen molar-refractivity contribution in [3.8, 4) is 0 Å². The largest absolute Gasteiger partial charge is 0.416 e. The van der Waals surface area contributed by atoms with Gasteiger partial charge in [0.05, 0.1) is 11.6 Å². The van der Waals surface area contributed by atoms with Crippen molar-refractivity contribution >= 4 is 11.9 Å². The lowest BCUT2D eigenvalue weighted by atomic mass is 10.0. The Labute approximate surface area is 139 Å². The molecule has 0 bridgehead atoms. The van der Waals surface area contributed by atoms with Gasteiger partial charge in [-0.15, -0.1) is 0 Å². The van der Waals surface area contributed by atoms with Crippen LogP contribution in [-0.4, -0.2) is 36.5 Å². The first kappa shape index (κ1) is 19.8. The Balaban J connectivity index is 2.85. The molecule has 1 aromatic rings. The van der Waals surface area contributed by atoms with E-state index in [-0.39, 0.29) is 24.6 Å². The Morgan fingerprint density at radius 1 is 1.21 bits per heavy atom. The zero-order valence-electron chi connectivity index (χ0n) is 13.9. The van der Waals surface area contributed by atoms with Crippen molar-refractivity contribution in [1.82, 2.24) is 15.5 Å². The van der Waals surface area contributed by atoms with E-state index in [0.717, 1.165) is 6.07 Å². The number of hydrogen-bond donors (Lipinski definition) is 2. The molecule has 0 aromatic heterocycles. The second-order valence-electron chi connectivity index (χ2n) is 5.22. The number of carbonyl (C=O) groups is 2. The Bertz CT molecular complexity index is 576. The molecular weight excluding hydrogens is 323 g/mol. The summed E-state index contributed by atoms with van der Waals surface area (Å²) in [6, 6.07) is 3.65. The highest BCUT2D eigenvalue weighted by molar-refractivity contribution is 5.84. The third-order valence-electron chi connectivity index (χ3n) is 3.45. The molecule has 1 aromatic carbocycles. The summed E-state index contributed by atoms with van der Waals surface area (Å²) in [5.74, 6) is -0.321. The Morgan fingerprint density at radius 3 is 2.38 bits per heavy atom. The van der Waals surface area contributed by atoms with E-state index in [9.17, 15) is 22.8 Å². The normalized spacial score (nSPS) is 12.4. The van der Waals surface area contributed by atoms with Gasteiger partial charge in [-0.2, -0.15) is 13.2 Å². The lowest BCUT2D eigenvalue weighted by molar-refractivity contribution is -0.138. The first-order valence-corrected chi connectivity index (χ1v) is 7.68. The third-order valence-corrected chi connectivity index (χ3v) is 3.45.